The maximum absolute atomic E-state index is 10.1. The Morgan fingerprint density at radius 2 is 0.841 bits per heavy atom. The van der Waals surface area contributed by atoms with Crippen LogP contribution in [0.2, 0.25) is 0 Å². The van der Waals surface area contributed by atoms with E-state index in [9.17, 15) is 15.8 Å². The predicted octanol–water partition coefficient (Wildman–Crippen LogP) is 10.1. The predicted molar refractivity (Wildman–Crippen MR) is 171 cm³/mol. The van der Waals surface area contributed by atoms with E-state index in [4.69, 9.17) is 8.83 Å². The Morgan fingerprint density at radius 1 is 0.386 bits per heavy atom. The van der Waals surface area contributed by atoms with Gasteiger partial charge in [0.1, 0.15) is 22.3 Å². The summed E-state index contributed by atoms with van der Waals surface area (Å²) in [6, 6.07) is 43.9. The Bertz CT molecular complexity index is 2430. The summed E-state index contributed by atoms with van der Waals surface area (Å²) in [6.07, 6.45) is 0. The third kappa shape index (κ3) is 3.92. The van der Waals surface area contributed by atoms with E-state index in [1.807, 2.05) is 84.9 Å². The van der Waals surface area contributed by atoms with Crippen LogP contribution in [0, 0.1) is 34.0 Å². The quantitative estimate of drug-likeness (QED) is 0.214. The number of rotatable bonds is 3. The lowest BCUT2D eigenvalue weighted by atomic mass is 9.88. The van der Waals surface area contributed by atoms with Crippen LogP contribution in [0.4, 0.5) is 0 Å². The van der Waals surface area contributed by atoms with Crippen LogP contribution in [0.5, 0.6) is 0 Å². The molecule has 44 heavy (non-hydrogen) atoms. The summed E-state index contributed by atoms with van der Waals surface area (Å²) >= 11 is 0. The molecule has 0 spiro atoms. The topological polar surface area (TPSA) is 97.7 Å². The number of furan rings is 2. The zero-order valence-corrected chi connectivity index (χ0v) is 23.1. The monoisotopic (exact) mass is 561 g/mol. The summed E-state index contributed by atoms with van der Waals surface area (Å²) in [7, 11) is 0. The van der Waals surface area contributed by atoms with Gasteiger partial charge < -0.3 is 8.83 Å². The summed E-state index contributed by atoms with van der Waals surface area (Å²) < 4.78 is 12.1. The standard InChI is InChI=1S/C39H19N3O2/c40-20-23-13-29(21-41)39(30(14-23)22-42)28-16-26(24-9-11-37-33(18-24)31-5-1-3-7-35(31)43-37)15-27(17-28)25-10-12-38-34(19-25)32-6-2-4-8-36(32)44-38/h1-19H. The highest BCUT2D eigenvalue weighted by molar-refractivity contribution is 6.07. The molecule has 0 unspecified atom stereocenters. The number of fused-ring (bicyclic) bond motifs is 6. The summed E-state index contributed by atoms with van der Waals surface area (Å²) in [5.41, 5.74) is 9.04. The minimum absolute atomic E-state index is 0.271. The highest BCUT2D eigenvalue weighted by Crippen LogP contribution is 2.40. The van der Waals surface area contributed by atoms with Crippen LogP contribution in [-0.4, -0.2) is 0 Å². The molecule has 0 aliphatic rings. The summed E-state index contributed by atoms with van der Waals surface area (Å²) in [4.78, 5) is 0. The fourth-order valence-electron chi connectivity index (χ4n) is 6.11. The third-order valence-electron chi connectivity index (χ3n) is 8.15. The van der Waals surface area contributed by atoms with Crippen LogP contribution in [0.1, 0.15) is 16.7 Å². The van der Waals surface area contributed by atoms with Gasteiger partial charge in [-0.05, 0) is 94.5 Å². The first-order chi connectivity index (χ1) is 21.6. The number of hydrogen-bond acceptors (Lipinski definition) is 5. The number of benzene rings is 6. The maximum atomic E-state index is 10.1. The zero-order valence-electron chi connectivity index (χ0n) is 23.1. The van der Waals surface area contributed by atoms with E-state index in [1.54, 1.807) is 0 Å². The van der Waals surface area contributed by atoms with Crippen molar-refractivity contribution in [3.63, 3.8) is 0 Å². The normalized spacial score (nSPS) is 11.1. The molecule has 0 aliphatic heterocycles. The smallest absolute Gasteiger partial charge is 0.135 e. The van der Waals surface area contributed by atoms with Gasteiger partial charge in [-0.3, -0.25) is 0 Å². The Labute approximate surface area is 251 Å². The second-order valence-electron chi connectivity index (χ2n) is 10.7. The van der Waals surface area contributed by atoms with Crippen molar-refractivity contribution in [3.05, 3.63) is 132 Å². The van der Waals surface area contributed by atoms with Crippen molar-refractivity contribution in [2.45, 2.75) is 0 Å². The van der Waals surface area contributed by atoms with Gasteiger partial charge in [-0.2, -0.15) is 15.8 Å². The molecule has 2 aromatic heterocycles. The highest BCUT2D eigenvalue weighted by atomic mass is 16.3. The Hall–Kier alpha value is -6.61. The number of nitrogens with zero attached hydrogens (tertiary/aromatic N) is 3. The van der Waals surface area contributed by atoms with Crippen LogP contribution in [-0.2, 0) is 0 Å². The Kier molecular flexibility index (Phi) is 5.56. The van der Waals surface area contributed by atoms with Gasteiger partial charge in [-0.15, -0.1) is 0 Å². The highest BCUT2D eigenvalue weighted by Gasteiger charge is 2.17. The van der Waals surface area contributed by atoms with Gasteiger partial charge in [0.2, 0.25) is 0 Å². The maximum Gasteiger partial charge on any atom is 0.135 e. The van der Waals surface area contributed by atoms with Crippen LogP contribution < -0.4 is 0 Å². The molecule has 0 aliphatic carbocycles. The fourth-order valence-corrected chi connectivity index (χ4v) is 6.11. The van der Waals surface area contributed by atoms with E-state index < -0.39 is 0 Å². The molecule has 6 aromatic carbocycles. The van der Waals surface area contributed by atoms with Crippen molar-refractivity contribution in [1.29, 1.82) is 15.8 Å². The first-order valence-electron chi connectivity index (χ1n) is 14.0. The number of hydrogen-bond donors (Lipinski definition) is 0. The van der Waals surface area contributed by atoms with Crippen molar-refractivity contribution >= 4 is 43.9 Å². The molecule has 0 bridgehead atoms. The van der Waals surface area contributed by atoms with Crippen molar-refractivity contribution in [1.82, 2.24) is 0 Å². The van der Waals surface area contributed by atoms with E-state index >= 15 is 0 Å². The first kappa shape index (κ1) is 25.1. The van der Waals surface area contributed by atoms with Crippen molar-refractivity contribution in [2.24, 2.45) is 0 Å². The van der Waals surface area contributed by atoms with E-state index in [0.29, 0.717) is 11.1 Å². The molecule has 0 atom stereocenters. The molecule has 0 amide bonds. The van der Waals surface area contributed by atoms with Crippen molar-refractivity contribution in [3.8, 4) is 51.6 Å². The Balaban J connectivity index is 1.40. The van der Waals surface area contributed by atoms with E-state index in [0.717, 1.165) is 66.1 Å². The minimum Gasteiger partial charge on any atom is -0.456 e. The zero-order chi connectivity index (χ0) is 29.8. The van der Waals surface area contributed by atoms with Gasteiger partial charge in [0.05, 0.1) is 34.9 Å². The molecule has 0 radical (unpaired) electrons. The van der Waals surface area contributed by atoms with E-state index in [2.05, 4.69) is 36.4 Å². The molecule has 8 rings (SSSR count). The molecular weight excluding hydrogens is 542 g/mol. The van der Waals surface area contributed by atoms with Gasteiger partial charge in [-0.1, -0.05) is 48.5 Å². The third-order valence-corrected chi connectivity index (χ3v) is 8.15. The lowest BCUT2D eigenvalue weighted by Crippen LogP contribution is -1.94. The van der Waals surface area contributed by atoms with Crippen LogP contribution in [0.3, 0.4) is 0 Å². The fraction of sp³-hybridized carbons (Fsp3) is 0. The van der Waals surface area contributed by atoms with Crippen LogP contribution in [0.15, 0.2) is 124 Å². The SMILES string of the molecule is N#Cc1cc(C#N)c(-c2cc(-c3ccc4oc5ccccc5c4c3)cc(-c3ccc4oc5ccccc5c4c3)c2)c(C#N)c1. The molecule has 0 N–H and O–H groups in total. The minimum atomic E-state index is 0.271. The molecule has 8 aromatic rings. The van der Waals surface area contributed by atoms with Crippen molar-refractivity contribution < 1.29 is 8.83 Å². The number of para-hydroxylation sites is 2. The molecule has 5 heteroatoms. The van der Waals surface area contributed by atoms with Crippen molar-refractivity contribution in [2.75, 3.05) is 0 Å². The molecule has 202 valence electrons. The van der Waals surface area contributed by atoms with E-state index in [-0.39, 0.29) is 16.7 Å². The molecular formula is C39H19N3O2. The second-order valence-corrected chi connectivity index (χ2v) is 10.7. The first-order valence-corrected chi connectivity index (χ1v) is 14.0. The summed E-state index contributed by atoms with van der Waals surface area (Å²) in [5.74, 6) is 0. The molecule has 0 saturated carbocycles. The summed E-state index contributed by atoms with van der Waals surface area (Å²) in [6.45, 7) is 0. The number of nitriles is 3. The van der Waals surface area contributed by atoms with E-state index in [1.165, 1.54) is 12.1 Å². The van der Waals surface area contributed by atoms with Gasteiger partial charge in [0, 0.05) is 27.1 Å². The average Bonchev–Trinajstić information content (AvgIpc) is 3.65. The average molecular weight is 562 g/mol. The van der Waals surface area contributed by atoms with Gasteiger partial charge in [0.15, 0.2) is 0 Å². The van der Waals surface area contributed by atoms with Crippen LogP contribution in [0.25, 0.3) is 77.3 Å². The molecule has 0 saturated heterocycles. The largest absolute Gasteiger partial charge is 0.456 e. The molecule has 0 fully saturated rings. The van der Waals surface area contributed by atoms with Crippen LogP contribution >= 0.6 is 0 Å². The van der Waals surface area contributed by atoms with Gasteiger partial charge in [0.25, 0.3) is 0 Å². The lowest BCUT2D eigenvalue weighted by molar-refractivity contribution is 0.668. The molecule has 5 nitrogen and oxygen atoms in total. The lowest BCUT2D eigenvalue weighted by Gasteiger charge is -2.14. The molecule has 2 heterocycles. The second kappa shape index (κ2) is 9.74. The van der Waals surface area contributed by atoms with Gasteiger partial charge in [-0.25, -0.2) is 0 Å². The summed E-state index contributed by atoms with van der Waals surface area (Å²) in [5, 5.41) is 33.8. The van der Waals surface area contributed by atoms with Gasteiger partial charge >= 0.3 is 0 Å². The Morgan fingerprint density at radius 3 is 1.32 bits per heavy atom.